The van der Waals surface area contributed by atoms with E-state index in [0.717, 1.165) is 16.8 Å². The fourth-order valence-corrected chi connectivity index (χ4v) is 3.07. The molecule has 2 aromatic carbocycles. The van der Waals surface area contributed by atoms with Crippen LogP contribution in [-0.2, 0) is 24.9 Å². The van der Waals surface area contributed by atoms with E-state index in [0.29, 0.717) is 0 Å². The SMILES string of the molecule is CC(C)(C)C(=O)/C=C(\O)C(C)(C)C.Cc1ccc2ccc(-c3[c-]cc(C)c(C)c3C)nc2c1.[Ir]. The van der Waals surface area contributed by atoms with Gasteiger partial charge in [0.15, 0.2) is 5.78 Å². The molecule has 34 heavy (non-hydrogen) atoms. The van der Waals surface area contributed by atoms with Gasteiger partial charge in [-0.3, -0.25) is 9.78 Å². The molecular formula is C30H38IrNO2-. The summed E-state index contributed by atoms with van der Waals surface area (Å²) in [5.74, 6) is 0.104. The molecule has 0 fully saturated rings. The number of hydrogen-bond acceptors (Lipinski definition) is 3. The Bertz CT molecular complexity index is 1190. The second-order valence-corrected chi connectivity index (χ2v) is 10.9. The van der Waals surface area contributed by atoms with Gasteiger partial charge in [-0.1, -0.05) is 86.6 Å². The van der Waals surface area contributed by atoms with Crippen molar-refractivity contribution in [3.05, 3.63) is 76.6 Å². The topological polar surface area (TPSA) is 50.2 Å². The van der Waals surface area contributed by atoms with Crippen LogP contribution in [0.25, 0.3) is 22.2 Å². The van der Waals surface area contributed by atoms with Crippen molar-refractivity contribution >= 4 is 16.7 Å². The van der Waals surface area contributed by atoms with Crippen molar-refractivity contribution in [2.75, 3.05) is 0 Å². The number of aryl methyl sites for hydroxylation is 2. The van der Waals surface area contributed by atoms with Crippen LogP contribution in [0.5, 0.6) is 0 Å². The minimum absolute atomic E-state index is 0. The number of carbonyl (C=O) groups excluding carboxylic acids is 1. The average Bonchev–Trinajstić information content (AvgIpc) is 2.70. The van der Waals surface area contributed by atoms with Crippen LogP contribution in [0.1, 0.15) is 63.8 Å². The molecule has 0 saturated carbocycles. The standard InChI is InChI=1S/C19H18N.C11H20O2.Ir/c1-12-5-7-16-8-10-18(20-19(16)11-12)17-9-6-13(2)14(3)15(17)4;1-10(2,3)8(12)7-9(13)11(4,5)6;/h5-8,10-11H,1-4H3;7,12H,1-6H3;/q-1;;/b;8-7-;. The number of nitrogens with zero attached hydrogens (tertiary/aromatic N) is 1. The molecule has 1 heterocycles. The number of aliphatic hydroxyl groups excluding tert-OH is 1. The van der Waals surface area contributed by atoms with Crippen LogP contribution in [0.2, 0.25) is 0 Å². The summed E-state index contributed by atoms with van der Waals surface area (Å²) in [4.78, 5) is 16.3. The zero-order valence-corrected chi connectivity index (χ0v) is 24.6. The Morgan fingerprint density at radius 1 is 0.912 bits per heavy atom. The molecule has 0 bridgehead atoms. The van der Waals surface area contributed by atoms with Gasteiger partial charge < -0.3 is 5.11 Å². The maximum atomic E-state index is 11.5. The molecule has 3 nitrogen and oxygen atoms in total. The van der Waals surface area contributed by atoms with Crippen molar-refractivity contribution in [2.24, 2.45) is 10.8 Å². The zero-order valence-electron chi connectivity index (χ0n) is 22.2. The predicted molar refractivity (Wildman–Crippen MR) is 140 cm³/mol. The largest absolute Gasteiger partial charge is 0.512 e. The molecule has 1 N–H and O–H groups in total. The number of aromatic nitrogens is 1. The monoisotopic (exact) mass is 637 g/mol. The Balaban J connectivity index is 0.000000364. The summed E-state index contributed by atoms with van der Waals surface area (Å²) in [6, 6.07) is 16.0. The molecule has 0 unspecified atom stereocenters. The van der Waals surface area contributed by atoms with E-state index in [1.165, 1.54) is 33.7 Å². The van der Waals surface area contributed by atoms with E-state index in [1.807, 2.05) is 41.5 Å². The van der Waals surface area contributed by atoms with Crippen LogP contribution >= 0.6 is 0 Å². The molecule has 185 valence electrons. The predicted octanol–water partition coefficient (Wildman–Crippen LogP) is 8.02. The van der Waals surface area contributed by atoms with Gasteiger partial charge in [0.2, 0.25) is 0 Å². The van der Waals surface area contributed by atoms with E-state index >= 15 is 0 Å². The number of ketones is 1. The van der Waals surface area contributed by atoms with Gasteiger partial charge in [-0.25, -0.2) is 0 Å². The number of pyridine rings is 1. The van der Waals surface area contributed by atoms with Crippen molar-refractivity contribution in [2.45, 2.75) is 69.2 Å². The van der Waals surface area contributed by atoms with E-state index in [-0.39, 0.29) is 37.1 Å². The number of aliphatic hydroxyl groups is 1. The number of carbonyl (C=O) groups is 1. The second-order valence-electron chi connectivity index (χ2n) is 10.9. The van der Waals surface area contributed by atoms with Gasteiger partial charge in [-0.15, -0.1) is 34.4 Å². The quantitative estimate of drug-likeness (QED) is 0.176. The van der Waals surface area contributed by atoms with Gasteiger partial charge in [-0.2, -0.15) is 0 Å². The van der Waals surface area contributed by atoms with Crippen LogP contribution < -0.4 is 0 Å². The summed E-state index contributed by atoms with van der Waals surface area (Å²) in [6.07, 6.45) is 1.33. The van der Waals surface area contributed by atoms with E-state index in [1.54, 1.807) is 0 Å². The first-order chi connectivity index (χ1) is 15.1. The first-order valence-electron chi connectivity index (χ1n) is 11.4. The van der Waals surface area contributed by atoms with Crippen molar-refractivity contribution in [3.63, 3.8) is 0 Å². The van der Waals surface area contributed by atoms with Crippen molar-refractivity contribution < 1.29 is 30.0 Å². The summed E-state index contributed by atoms with van der Waals surface area (Å²) in [7, 11) is 0. The first-order valence-corrected chi connectivity index (χ1v) is 11.4. The molecule has 0 amide bonds. The van der Waals surface area contributed by atoms with Gasteiger partial charge >= 0.3 is 0 Å². The van der Waals surface area contributed by atoms with Crippen LogP contribution in [0.3, 0.4) is 0 Å². The summed E-state index contributed by atoms with van der Waals surface area (Å²) in [5, 5.41) is 10.7. The van der Waals surface area contributed by atoms with Gasteiger partial charge in [-0.05, 0) is 29.6 Å². The van der Waals surface area contributed by atoms with Gasteiger partial charge in [0.05, 0.1) is 5.52 Å². The summed E-state index contributed by atoms with van der Waals surface area (Å²) in [5.41, 5.74) is 7.51. The van der Waals surface area contributed by atoms with E-state index in [9.17, 15) is 9.90 Å². The van der Waals surface area contributed by atoms with E-state index < -0.39 is 5.41 Å². The molecule has 3 aromatic rings. The normalized spacial score (nSPS) is 12.0. The third kappa shape index (κ3) is 7.61. The van der Waals surface area contributed by atoms with Crippen molar-refractivity contribution in [1.29, 1.82) is 0 Å². The molecule has 0 aliphatic carbocycles. The van der Waals surface area contributed by atoms with Crippen molar-refractivity contribution in [3.8, 4) is 11.3 Å². The second kappa shape index (κ2) is 11.4. The third-order valence-electron chi connectivity index (χ3n) is 5.84. The van der Waals surface area contributed by atoms with Gasteiger partial charge in [0, 0.05) is 37.0 Å². The molecule has 0 aliphatic heterocycles. The molecular weight excluding hydrogens is 599 g/mol. The summed E-state index contributed by atoms with van der Waals surface area (Å²) < 4.78 is 0. The molecule has 3 rings (SSSR count). The number of benzene rings is 2. The fourth-order valence-electron chi connectivity index (χ4n) is 3.07. The summed E-state index contributed by atoms with van der Waals surface area (Å²) >= 11 is 0. The Morgan fingerprint density at radius 2 is 1.50 bits per heavy atom. The van der Waals surface area contributed by atoms with Gasteiger partial charge in [0.25, 0.3) is 0 Å². The Kier molecular flexibility index (Phi) is 9.99. The maximum absolute atomic E-state index is 11.5. The molecule has 1 radical (unpaired) electrons. The zero-order chi connectivity index (χ0) is 25.1. The van der Waals surface area contributed by atoms with Gasteiger partial charge in [0.1, 0.15) is 5.76 Å². The molecule has 4 heteroatoms. The fraction of sp³-hybridized carbons (Fsp3) is 0.400. The van der Waals surface area contributed by atoms with Crippen LogP contribution in [-0.4, -0.2) is 15.9 Å². The van der Waals surface area contributed by atoms with Crippen molar-refractivity contribution in [1.82, 2.24) is 4.98 Å². The number of hydrogen-bond donors (Lipinski definition) is 1. The van der Waals surface area contributed by atoms with E-state index in [2.05, 4.69) is 70.2 Å². The smallest absolute Gasteiger partial charge is 0.164 e. The van der Waals surface area contributed by atoms with E-state index in [4.69, 9.17) is 4.98 Å². The number of rotatable bonds is 2. The molecule has 0 aliphatic rings. The first kappa shape index (κ1) is 29.7. The number of fused-ring (bicyclic) bond motifs is 1. The Hall–Kier alpha value is -2.29. The average molecular weight is 637 g/mol. The van der Waals surface area contributed by atoms with Crippen LogP contribution in [0, 0.1) is 44.6 Å². The third-order valence-corrected chi connectivity index (χ3v) is 5.84. The molecule has 1 aromatic heterocycles. The molecule has 0 saturated heterocycles. The minimum Gasteiger partial charge on any atom is -0.512 e. The van der Waals surface area contributed by atoms with Crippen LogP contribution in [0.4, 0.5) is 0 Å². The van der Waals surface area contributed by atoms with Crippen LogP contribution in [0.15, 0.2) is 48.2 Å². The molecule has 0 spiro atoms. The number of allylic oxidation sites excluding steroid dienone is 2. The minimum atomic E-state index is -0.417. The Morgan fingerprint density at radius 3 is 2.06 bits per heavy atom. The maximum Gasteiger partial charge on any atom is 0.164 e. The summed E-state index contributed by atoms with van der Waals surface area (Å²) in [6.45, 7) is 19.6. The Labute approximate surface area is 219 Å². The molecule has 0 atom stereocenters.